The molecule has 1 aliphatic carbocycles. The minimum absolute atomic E-state index is 0.124. The summed E-state index contributed by atoms with van der Waals surface area (Å²) in [4.78, 5) is 0. The first kappa shape index (κ1) is 12.7. The number of hydrogen-bond acceptors (Lipinski definition) is 3. The van der Waals surface area contributed by atoms with Crippen molar-refractivity contribution in [2.75, 3.05) is 18.5 Å². The minimum atomic E-state index is -0.229. The monoisotopic (exact) mass is 255 g/mol. The first-order chi connectivity index (χ1) is 8.17. The standard InChI is InChI=1S/C13H18ClNO2/c1-2-17-12-7-13(8-12,9-16)15-11-5-3-10(14)4-6-11/h3-6,12,15-16H,2,7-9H2,1H3. The lowest BCUT2D eigenvalue weighted by Crippen LogP contribution is -2.56. The molecule has 94 valence electrons. The van der Waals surface area contributed by atoms with Gasteiger partial charge in [0.25, 0.3) is 0 Å². The Morgan fingerprint density at radius 1 is 1.41 bits per heavy atom. The van der Waals surface area contributed by atoms with Crippen LogP contribution in [0.1, 0.15) is 19.8 Å². The Labute approximate surface area is 107 Å². The van der Waals surface area contributed by atoms with E-state index in [-0.39, 0.29) is 18.2 Å². The van der Waals surface area contributed by atoms with E-state index in [0.29, 0.717) is 0 Å². The largest absolute Gasteiger partial charge is 0.394 e. The van der Waals surface area contributed by atoms with Gasteiger partial charge in [-0.15, -0.1) is 0 Å². The number of halogens is 1. The van der Waals surface area contributed by atoms with Crippen molar-refractivity contribution >= 4 is 17.3 Å². The molecule has 1 fully saturated rings. The molecule has 2 rings (SSSR count). The molecule has 0 radical (unpaired) electrons. The number of ether oxygens (including phenoxy) is 1. The highest BCUT2D eigenvalue weighted by Gasteiger charge is 2.44. The van der Waals surface area contributed by atoms with Gasteiger partial charge >= 0.3 is 0 Å². The SMILES string of the molecule is CCOC1CC(CO)(Nc2ccc(Cl)cc2)C1. The molecule has 1 saturated carbocycles. The van der Waals surface area contributed by atoms with Gasteiger partial charge in [-0.3, -0.25) is 0 Å². The normalized spacial score (nSPS) is 27.6. The highest BCUT2D eigenvalue weighted by molar-refractivity contribution is 6.30. The fourth-order valence-corrected chi connectivity index (χ4v) is 2.40. The summed E-state index contributed by atoms with van der Waals surface area (Å²) in [5, 5.41) is 13.6. The van der Waals surface area contributed by atoms with Crippen LogP contribution in [0.2, 0.25) is 5.02 Å². The molecule has 0 atom stereocenters. The summed E-state index contributed by atoms with van der Waals surface area (Å²) in [6.45, 7) is 2.85. The average Bonchev–Trinajstić information content (AvgIpc) is 2.29. The van der Waals surface area contributed by atoms with Crippen LogP contribution < -0.4 is 5.32 Å². The fraction of sp³-hybridized carbons (Fsp3) is 0.538. The molecule has 0 heterocycles. The van der Waals surface area contributed by atoms with Crippen molar-refractivity contribution in [3.8, 4) is 0 Å². The average molecular weight is 256 g/mol. The number of aliphatic hydroxyl groups is 1. The van der Waals surface area contributed by atoms with Gasteiger partial charge in [0.05, 0.1) is 18.2 Å². The van der Waals surface area contributed by atoms with Crippen LogP contribution in [0.25, 0.3) is 0 Å². The molecule has 2 N–H and O–H groups in total. The van der Waals surface area contributed by atoms with E-state index in [1.165, 1.54) is 0 Å². The lowest BCUT2D eigenvalue weighted by Gasteiger charge is -2.47. The lowest BCUT2D eigenvalue weighted by molar-refractivity contribution is -0.0458. The van der Waals surface area contributed by atoms with E-state index in [1.807, 2.05) is 31.2 Å². The van der Waals surface area contributed by atoms with Crippen molar-refractivity contribution in [1.82, 2.24) is 0 Å². The van der Waals surface area contributed by atoms with Gasteiger partial charge < -0.3 is 15.2 Å². The molecule has 0 saturated heterocycles. The molecule has 0 bridgehead atoms. The topological polar surface area (TPSA) is 41.5 Å². The molecule has 0 spiro atoms. The molecule has 3 nitrogen and oxygen atoms in total. The summed E-state index contributed by atoms with van der Waals surface area (Å²) < 4.78 is 5.52. The zero-order valence-electron chi connectivity index (χ0n) is 9.95. The van der Waals surface area contributed by atoms with Crippen LogP contribution in [0.5, 0.6) is 0 Å². The van der Waals surface area contributed by atoms with Crippen LogP contribution in [-0.4, -0.2) is 30.0 Å². The summed E-state index contributed by atoms with van der Waals surface area (Å²) >= 11 is 5.83. The van der Waals surface area contributed by atoms with Crippen LogP contribution in [0.3, 0.4) is 0 Å². The molecule has 1 aliphatic rings. The number of rotatable bonds is 5. The van der Waals surface area contributed by atoms with Crippen LogP contribution in [0, 0.1) is 0 Å². The summed E-state index contributed by atoms with van der Waals surface area (Å²) in [7, 11) is 0. The third-order valence-corrected chi connectivity index (χ3v) is 3.45. The summed E-state index contributed by atoms with van der Waals surface area (Å²) in [5.74, 6) is 0. The number of benzene rings is 1. The Hall–Kier alpha value is -0.770. The van der Waals surface area contributed by atoms with Gasteiger partial charge in [-0.25, -0.2) is 0 Å². The van der Waals surface area contributed by atoms with Crippen LogP contribution in [0.4, 0.5) is 5.69 Å². The highest BCUT2D eigenvalue weighted by Crippen LogP contribution is 2.37. The molecule has 0 amide bonds. The summed E-state index contributed by atoms with van der Waals surface area (Å²) in [6, 6.07) is 7.53. The molecular weight excluding hydrogens is 238 g/mol. The first-order valence-electron chi connectivity index (χ1n) is 5.94. The van der Waals surface area contributed by atoms with Crippen molar-refractivity contribution in [2.45, 2.75) is 31.4 Å². The second-order valence-corrected chi connectivity index (χ2v) is 4.99. The van der Waals surface area contributed by atoms with Crippen LogP contribution >= 0.6 is 11.6 Å². The second-order valence-electron chi connectivity index (χ2n) is 4.56. The Morgan fingerprint density at radius 3 is 2.59 bits per heavy atom. The summed E-state index contributed by atoms with van der Waals surface area (Å²) in [6.07, 6.45) is 1.96. The zero-order valence-corrected chi connectivity index (χ0v) is 10.7. The van der Waals surface area contributed by atoms with Gasteiger partial charge in [0.1, 0.15) is 0 Å². The number of hydrogen-bond donors (Lipinski definition) is 2. The quantitative estimate of drug-likeness (QED) is 0.850. The van der Waals surface area contributed by atoms with E-state index in [0.717, 1.165) is 30.2 Å². The van der Waals surface area contributed by atoms with Gasteiger partial charge in [0.15, 0.2) is 0 Å². The summed E-state index contributed by atoms with van der Waals surface area (Å²) in [5.41, 5.74) is 0.756. The molecule has 0 unspecified atom stereocenters. The van der Waals surface area contributed by atoms with E-state index in [4.69, 9.17) is 16.3 Å². The van der Waals surface area contributed by atoms with Crippen LogP contribution in [0.15, 0.2) is 24.3 Å². The Kier molecular flexibility index (Phi) is 3.92. The van der Waals surface area contributed by atoms with Gasteiger partial charge in [-0.05, 0) is 44.0 Å². The van der Waals surface area contributed by atoms with Gasteiger partial charge in [0, 0.05) is 17.3 Å². The molecule has 17 heavy (non-hydrogen) atoms. The third kappa shape index (κ3) is 2.92. The van der Waals surface area contributed by atoms with Gasteiger partial charge in [-0.1, -0.05) is 11.6 Å². The van der Waals surface area contributed by atoms with E-state index in [2.05, 4.69) is 5.32 Å². The van der Waals surface area contributed by atoms with Crippen molar-refractivity contribution in [2.24, 2.45) is 0 Å². The third-order valence-electron chi connectivity index (χ3n) is 3.20. The second kappa shape index (κ2) is 5.25. The molecule has 0 aliphatic heterocycles. The maximum Gasteiger partial charge on any atom is 0.0663 e. The zero-order chi connectivity index (χ0) is 12.3. The van der Waals surface area contributed by atoms with Crippen molar-refractivity contribution in [3.05, 3.63) is 29.3 Å². The first-order valence-corrected chi connectivity index (χ1v) is 6.31. The Balaban J connectivity index is 1.95. The maximum atomic E-state index is 9.49. The smallest absolute Gasteiger partial charge is 0.0663 e. The molecule has 4 heteroatoms. The lowest BCUT2D eigenvalue weighted by atomic mass is 9.74. The van der Waals surface area contributed by atoms with E-state index >= 15 is 0 Å². The van der Waals surface area contributed by atoms with Crippen molar-refractivity contribution in [1.29, 1.82) is 0 Å². The van der Waals surface area contributed by atoms with Gasteiger partial charge in [-0.2, -0.15) is 0 Å². The van der Waals surface area contributed by atoms with Crippen molar-refractivity contribution in [3.63, 3.8) is 0 Å². The number of anilines is 1. The highest BCUT2D eigenvalue weighted by atomic mass is 35.5. The molecular formula is C13H18ClNO2. The van der Waals surface area contributed by atoms with Crippen molar-refractivity contribution < 1.29 is 9.84 Å². The van der Waals surface area contributed by atoms with E-state index in [1.54, 1.807) is 0 Å². The predicted octanol–water partition coefficient (Wildman–Crippen LogP) is 2.68. The van der Waals surface area contributed by atoms with Crippen LogP contribution in [-0.2, 0) is 4.74 Å². The van der Waals surface area contributed by atoms with E-state index < -0.39 is 0 Å². The number of aliphatic hydroxyl groups excluding tert-OH is 1. The van der Waals surface area contributed by atoms with Gasteiger partial charge in [0.2, 0.25) is 0 Å². The maximum absolute atomic E-state index is 9.49. The fourth-order valence-electron chi connectivity index (χ4n) is 2.28. The molecule has 1 aromatic rings. The Bertz CT molecular complexity index is 360. The minimum Gasteiger partial charge on any atom is -0.394 e. The predicted molar refractivity (Wildman–Crippen MR) is 69.5 cm³/mol. The molecule has 0 aromatic heterocycles. The number of nitrogens with one attached hydrogen (secondary N) is 1. The van der Waals surface area contributed by atoms with E-state index in [9.17, 15) is 5.11 Å². The molecule has 1 aromatic carbocycles. The Morgan fingerprint density at radius 2 is 2.06 bits per heavy atom.